The van der Waals surface area contributed by atoms with Crippen molar-refractivity contribution >= 4 is 15.7 Å². The molecule has 0 radical (unpaired) electrons. The van der Waals surface area contributed by atoms with Crippen LogP contribution in [0.5, 0.6) is 0 Å². The second-order valence-electron chi connectivity index (χ2n) is 4.11. The summed E-state index contributed by atoms with van der Waals surface area (Å²) in [6.45, 7) is 4.10. The van der Waals surface area contributed by atoms with Gasteiger partial charge in [-0.05, 0) is 18.4 Å². The Balaban J connectivity index is 2.54. The fourth-order valence-corrected chi connectivity index (χ4v) is 2.98. The largest absolute Gasteiger partial charge is 0.283 e. The lowest BCUT2D eigenvalue weighted by molar-refractivity contribution is 0.599. The molecule has 0 atom stereocenters. The Morgan fingerprint density at radius 2 is 1.93 bits per heavy atom. The molecule has 0 fully saturated rings. The van der Waals surface area contributed by atoms with Gasteiger partial charge in [-0.2, -0.15) is 12.8 Å². The smallest absolute Gasteiger partial charge is 0.199 e. The Kier molecular flexibility index (Phi) is 2.38. The maximum Gasteiger partial charge on any atom is 0.283 e. The van der Waals surface area contributed by atoms with Gasteiger partial charge < -0.3 is 0 Å². The molecule has 0 aromatic heterocycles. The summed E-state index contributed by atoms with van der Waals surface area (Å²) in [5.74, 6) is 0.408. The van der Waals surface area contributed by atoms with E-state index in [9.17, 15) is 8.42 Å². The minimum absolute atomic E-state index is 0.348. The highest BCUT2D eigenvalue weighted by molar-refractivity contribution is 7.90. The van der Waals surface area contributed by atoms with E-state index >= 15 is 0 Å². The van der Waals surface area contributed by atoms with Crippen LogP contribution in [0.2, 0.25) is 0 Å². The molecule has 0 unspecified atom stereocenters. The first-order valence-corrected chi connectivity index (χ1v) is 6.38. The number of nitrogens with zero attached hydrogens (tertiary/aromatic N) is 1. The molecular weight excluding hydrogens is 210 g/mol. The van der Waals surface area contributed by atoms with Crippen molar-refractivity contribution in [2.75, 3.05) is 0 Å². The van der Waals surface area contributed by atoms with Gasteiger partial charge in [-0.3, -0.25) is 0 Å². The third-order valence-electron chi connectivity index (χ3n) is 2.31. The van der Waals surface area contributed by atoms with Gasteiger partial charge >= 0.3 is 0 Å². The highest BCUT2D eigenvalue weighted by atomic mass is 32.2. The maximum atomic E-state index is 11.7. The highest BCUT2D eigenvalue weighted by Crippen LogP contribution is 2.28. The Bertz CT molecular complexity index is 515. The van der Waals surface area contributed by atoms with Crippen molar-refractivity contribution in [2.24, 2.45) is 10.3 Å². The molecule has 1 heterocycles. The van der Waals surface area contributed by atoms with Crippen molar-refractivity contribution in [2.45, 2.75) is 25.2 Å². The summed E-state index contributed by atoms with van der Waals surface area (Å²) >= 11 is 0. The summed E-state index contributed by atoms with van der Waals surface area (Å²) in [4.78, 5) is 0.348. The molecule has 3 nitrogen and oxygen atoms in total. The van der Waals surface area contributed by atoms with E-state index in [1.54, 1.807) is 12.1 Å². The van der Waals surface area contributed by atoms with E-state index in [4.69, 9.17) is 0 Å². The second kappa shape index (κ2) is 3.45. The van der Waals surface area contributed by atoms with Crippen LogP contribution in [0.25, 0.3) is 0 Å². The standard InChI is InChI=1S/C11H13NO2S/c1-8(2)7-10-9-5-3-4-6-11(9)15(13,14)12-10/h3-6,8H,7H2,1-2H3. The molecular formula is C11H13NO2S. The van der Waals surface area contributed by atoms with Crippen LogP contribution in [-0.2, 0) is 10.0 Å². The van der Waals surface area contributed by atoms with Crippen LogP contribution in [0.15, 0.2) is 33.6 Å². The van der Waals surface area contributed by atoms with Gasteiger partial charge in [0.15, 0.2) is 0 Å². The summed E-state index contributed by atoms with van der Waals surface area (Å²) in [6, 6.07) is 7.00. The molecule has 15 heavy (non-hydrogen) atoms. The van der Waals surface area contributed by atoms with E-state index in [1.165, 1.54) is 0 Å². The normalized spacial score (nSPS) is 17.7. The minimum Gasteiger partial charge on any atom is -0.199 e. The molecule has 0 spiro atoms. The number of fused-ring (bicyclic) bond motifs is 1. The number of benzene rings is 1. The molecule has 1 aliphatic heterocycles. The highest BCUT2D eigenvalue weighted by Gasteiger charge is 2.27. The van der Waals surface area contributed by atoms with Crippen LogP contribution in [-0.4, -0.2) is 14.1 Å². The van der Waals surface area contributed by atoms with Gasteiger partial charge in [0.25, 0.3) is 10.0 Å². The Morgan fingerprint density at radius 1 is 1.27 bits per heavy atom. The third-order valence-corrected chi connectivity index (χ3v) is 3.68. The first-order chi connectivity index (χ1) is 7.00. The zero-order valence-corrected chi connectivity index (χ0v) is 9.58. The minimum atomic E-state index is -3.41. The van der Waals surface area contributed by atoms with E-state index in [-0.39, 0.29) is 0 Å². The summed E-state index contributed by atoms with van der Waals surface area (Å²) in [7, 11) is -3.41. The molecule has 1 aromatic carbocycles. The van der Waals surface area contributed by atoms with Crippen molar-refractivity contribution < 1.29 is 8.42 Å². The van der Waals surface area contributed by atoms with Crippen molar-refractivity contribution in [1.82, 2.24) is 0 Å². The second-order valence-corrected chi connectivity index (χ2v) is 5.68. The molecule has 0 bridgehead atoms. The number of hydrogen-bond donors (Lipinski definition) is 0. The summed E-state index contributed by atoms with van der Waals surface area (Å²) in [5, 5.41) is 0. The van der Waals surface area contributed by atoms with Gasteiger partial charge in [-0.25, -0.2) is 0 Å². The van der Waals surface area contributed by atoms with Crippen molar-refractivity contribution in [3.8, 4) is 0 Å². The summed E-state index contributed by atoms with van der Waals surface area (Å²) in [6.07, 6.45) is 0.705. The van der Waals surface area contributed by atoms with Crippen LogP contribution in [0.4, 0.5) is 0 Å². The van der Waals surface area contributed by atoms with Crippen molar-refractivity contribution in [1.29, 1.82) is 0 Å². The first kappa shape index (κ1) is 10.4. The monoisotopic (exact) mass is 223 g/mol. The fourth-order valence-electron chi connectivity index (χ4n) is 1.71. The SMILES string of the molecule is CC(C)CC1=NS(=O)(=O)c2ccccc21. The molecule has 0 aliphatic carbocycles. The number of sulfonamides is 1. The van der Waals surface area contributed by atoms with Crippen LogP contribution in [0, 0.1) is 5.92 Å². The molecule has 0 saturated heterocycles. The summed E-state index contributed by atoms with van der Waals surface area (Å²) < 4.78 is 27.1. The van der Waals surface area contributed by atoms with Crippen molar-refractivity contribution in [3.63, 3.8) is 0 Å². The topological polar surface area (TPSA) is 46.5 Å². The van der Waals surface area contributed by atoms with Gasteiger partial charge in [0.05, 0.1) is 10.6 Å². The molecule has 80 valence electrons. The number of rotatable bonds is 2. The van der Waals surface area contributed by atoms with E-state index in [2.05, 4.69) is 18.2 Å². The first-order valence-electron chi connectivity index (χ1n) is 4.94. The predicted octanol–water partition coefficient (Wildman–Crippen LogP) is 2.22. The van der Waals surface area contributed by atoms with E-state index in [0.29, 0.717) is 22.9 Å². The van der Waals surface area contributed by atoms with Gasteiger partial charge in [0.1, 0.15) is 0 Å². The lowest BCUT2D eigenvalue weighted by Gasteiger charge is -2.04. The van der Waals surface area contributed by atoms with E-state index in [0.717, 1.165) is 5.56 Å². The van der Waals surface area contributed by atoms with Crippen LogP contribution in [0.3, 0.4) is 0 Å². The average Bonchev–Trinajstić information content (AvgIpc) is 2.39. The van der Waals surface area contributed by atoms with Gasteiger partial charge in [0, 0.05) is 5.56 Å². The van der Waals surface area contributed by atoms with Gasteiger partial charge in [-0.1, -0.05) is 32.0 Å². The Labute approximate surface area is 89.9 Å². The summed E-state index contributed by atoms with van der Waals surface area (Å²) in [5.41, 5.74) is 1.46. The zero-order chi connectivity index (χ0) is 11.1. The van der Waals surface area contributed by atoms with E-state index in [1.807, 2.05) is 12.1 Å². The molecule has 2 rings (SSSR count). The lowest BCUT2D eigenvalue weighted by atomic mass is 10.0. The Hall–Kier alpha value is -1.16. The van der Waals surface area contributed by atoms with Crippen LogP contribution in [0.1, 0.15) is 25.8 Å². The van der Waals surface area contributed by atoms with E-state index < -0.39 is 10.0 Å². The molecule has 0 amide bonds. The Morgan fingerprint density at radius 3 is 2.60 bits per heavy atom. The quantitative estimate of drug-likeness (QED) is 0.771. The van der Waals surface area contributed by atoms with Gasteiger partial charge in [0.2, 0.25) is 0 Å². The maximum absolute atomic E-state index is 11.7. The van der Waals surface area contributed by atoms with Crippen LogP contribution < -0.4 is 0 Å². The molecule has 1 aromatic rings. The molecule has 1 aliphatic rings. The lowest BCUT2D eigenvalue weighted by Crippen LogP contribution is -2.02. The molecule has 0 saturated carbocycles. The molecule has 4 heteroatoms. The predicted molar refractivity (Wildman–Crippen MR) is 59.6 cm³/mol. The third kappa shape index (κ3) is 1.81. The zero-order valence-electron chi connectivity index (χ0n) is 8.77. The van der Waals surface area contributed by atoms with Crippen molar-refractivity contribution in [3.05, 3.63) is 29.8 Å². The fraction of sp³-hybridized carbons (Fsp3) is 0.364. The van der Waals surface area contributed by atoms with Crippen LogP contribution >= 0.6 is 0 Å². The van der Waals surface area contributed by atoms with Gasteiger partial charge in [-0.15, -0.1) is 0 Å². The average molecular weight is 223 g/mol. The number of hydrogen-bond acceptors (Lipinski definition) is 2. The molecule has 0 N–H and O–H groups in total.